The van der Waals surface area contributed by atoms with E-state index in [0.717, 1.165) is 11.1 Å². The third-order valence-electron chi connectivity index (χ3n) is 4.30. The maximum absolute atomic E-state index is 13.7. The summed E-state index contributed by atoms with van der Waals surface area (Å²) < 4.78 is 19.6. The van der Waals surface area contributed by atoms with Gasteiger partial charge in [0.05, 0.1) is 17.7 Å². The van der Waals surface area contributed by atoms with Crippen LogP contribution in [-0.4, -0.2) is 21.3 Å². The lowest BCUT2D eigenvalue weighted by atomic mass is 9.96. The summed E-state index contributed by atoms with van der Waals surface area (Å²) in [5.41, 5.74) is 2.14. The van der Waals surface area contributed by atoms with E-state index in [2.05, 4.69) is 22.0 Å². The highest BCUT2D eigenvalue weighted by Gasteiger charge is 2.16. The van der Waals surface area contributed by atoms with E-state index in [1.807, 2.05) is 25.1 Å². The number of nitrogens with one attached hydrogen (secondary N) is 1. The van der Waals surface area contributed by atoms with Gasteiger partial charge < -0.3 is 9.84 Å². The monoisotopic (exact) mass is 366 g/mol. The molecule has 1 heterocycles. The zero-order valence-corrected chi connectivity index (χ0v) is 15.0. The standard InChI is InChI=1S/C21H19FN2O3/c1-3-5-15(12-19(25)26)14-8-10-16(11-9-14)27-13(2)17-6-4-7-18-20(17)23-24-21(18)22/h4,6-11,13,15H,12H2,1-2H3,(H,23,24)(H,25,26)/t13-,15?/m0/s1. The van der Waals surface area contributed by atoms with E-state index in [0.29, 0.717) is 16.7 Å². The molecule has 0 bridgehead atoms. The van der Waals surface area contributed by atoms with Gasteiger partial charge in [0.1, 0.15) is 17.4 Å². The van der Waals surface area contributed by atoms with Crippen molar-refractivity contribution in [3.8, 4) is 17.6 Å². The van der Waals surface area contributed by atoms with Gasteiger partial charge in [0, 0.05) is 5.56 Å². The van der Waals surface area contributed by atoms with Crippen molar-refractivity contribution in [1.82, 2.24) is 10.2 Å². The second-order valence-electron chi connectivity index (χ2n) is 6.15. The number of hydrogen-bond acceptors (Lipinski definition) is 3. The Hall–Kier alpha value is -3.33. The molecular weight excluding hydrogens is 347 g/mol. The molecule has 0 amide bonds. The molecule has 0 radical (unpaired) electrons. The number of hydrogen-bond donors (Lipinski definition) is 2. The third kappa shape index (κ3) is 4.09. The Kier molecular flexibility index (Phi) is 5.41. The van der Waals surface area contributed by atoms with Crippen LogP contribution in [0.15, 0.2) is 42.5 Å². The third-order valence-corrected chi connectivity index (χ3v) is 4.30. The highest BCUT2D eigenvalue weighted by Crippen LogP contribution is 2.29. The summed E-state index contributed by atoms with van der Waals surface area (Å²) in [7, 11) is 0. The number of halogens is 1. The van der Waals surface area contributed by atoms with E-state index in [1.165, 1.54) is 0 Å². The maximum Gasteiger partial charge on any atom is 0.304 e. The molecule has 6 heteroatoms. The zero-order valence-electron chi connectivity index (χ0n) is 15.0. The molecule has 2 aromatic carbocycles. The van der Waals surface area contributed by atoms with Crippen LogP contribution in [-0.2, 0) is 4.79 Å². The van der Waals surface area contributed by atoms with Gasteiger partial charge in [0.15, 0.2) is 0 Å². The van der Waals surface area contributed by atoms with Gasteiger partial charge >= 0.3 is 5.97 Å². The fourth-order valence-corrected chi connectivity index (χ4v) is 3.00. The topological polar surface area (TPSA) is 75.2 Å². The number of para-hydroxylation sites is 1. The van der Waals surface area contributed by atoms with Gasteiger partial charge in [0.2, 0.25) is 5.95 Å². The van der Waals surface area contributed by atoms with E-state index >= 15 is 0 Å². The molecule has 0 aliphatic carbocycles. The first-order valence-electron chi connectivity index (χ1n) is 8.52. The fourth-order valence-electron chi connectivity index (χ4n) is 3.00. The SMILES string of the molecule is CC#CC(CC(=O)O)c1ccc(O[C@@H](C)c2cccc3c(F)[nH]nc23)cc1. The Bertz CT molecular complexity index is 1020. The molecule has 1 unspecified atom stereocenters. The molecule has 0 aliphatic rings. The van der Waals surface area contributed by atoms with Crippen molar-refractivity contribution >= 4 is 16.9 Å². The van der Waals surface area contributed by atoms with Crippen molar-refractivity contribution in [2.45, 2.75) is 32.3 Å². The number of H-pyrrole nitrogens is 1. The first kappa shape index (κ1) is 18.5. The number of fused-ring (bicyclic) bond motifs is 1. The summed E-state index contributed by atoms with van der Waals surface area (Å²) >= 11 is 0. The van der Waals surface area contributed by atoms with E-state index < -0.39 is 11.9 Å². The molecule has 0 fully saturated rings. The first-order valence-corrected chi connectivity index (χ1v) is 8.52. The van der Waals surface area contributed by atoms with E-state index in [4.69, 9.17) is 9.84 Å². The number of benzene rings is 2. The fraction of sp³-hybridized carbons (Fsp3) is 0.238. The summed E-state index contributed by atoms with van der Waals surface area (Å²) in [5, 5.41) is 15.8. The van der Waals surface area contributed by atoms with Crippen LogP contribution in [0.4, 0.5) is 4.39 Å². The number of aliphatic carboxylic acids is 1. The molecule has 27 heavy (non-hydrogen) atoms. The largest absolute Gasteiger partial charge is 0.486 e. The molecule has 5 nitrogen and oxygen atoms in total. The quantitative estimate of drug-likeness (QED) is 0.633. The second kappa shape index (κ2) is 7.92. The lowest BCUT2D eigenvalue weighted by Gasteiger charge is -2.16. The molecule has 0 saturated heterocycles. The minimum Gasteiger partial charge on any atom is -0.486 e. The minimum atomic E-state index is -0.893. The van der Waals surface area contributed by atoms with E-state index in [9.17, 15) is 9.18 Å². The van der Waals surface area contributed by atoms with Gasteiger partial charge in [-0.05, 0) is 37.6 Å². The molecule has 3 rings (SSSR count). The van der Waals surface area contributed by atoms with Crippen LogP contribution < -0.4 is 4.74 Å². The second-order valence-corrected chi connectivity index (χ2v) is 6.15. The Morgan fingerprint density at radius 1 is 1.30 bits per heavy atom. The maximum atomic E-state index is 13.7. The van der Waals surface area contributed by atoms with Crippen LogP contribution >= 0.6 is 0 Å². The summed E-state index contributed by atoms with van der Waals surface area (Å²) in [6.45, 7) is 3.55. The normalized spacial score (nSPS) is 12.9. The molecule has 0 aliphatic heterocycles. The van der Waals surface area contributed by atoms with Crippen molar-refractivity contribution in [2.75, 3.05) is 0 Å². The predicted molar refractivity (Wildman–Crippen MR) is 100.0 cm³/mol. The predicted octanol–water partition coefficient (Wildman–Crippen LogP) is 4.42. The van der Waals surface area contributed by atoms with Crippen molar-refractivity contribution in [3.63, 3.8) is 0 Å². The van der Waals surface area contributed by atoms with Gasteiger partial charge in [-0.25, -0.2) is 0 Å². The number of nitrogens with zero attached hydrogens (tertiary/aromatic N) is 1. The smallest absolute Gasteiger partial charge is 0.304 e. The van der Waals surface area contributed by atoms with Crippen molar-refractivity contribution in [2.24, 2.45) is 0 Å². The molecule has 2 atom stereocenters. The first-order chi connectivity index (χ1) is 13.0. The van der Waals surface area contributed by atoms with E-state index in [1.54, 1.807) is 31.2 Å². The minimum absolute atomic E-state index is 0.0514. The molecule has 0 spiro atoms. The number of carboxylic acids is 1. The highest BCUT2D eigenvalue weighted by atomic mass is 19.1. The Morgan fingerprint density at radius 3 is 2.70 bits per heavy atom. The number of aromatic nitrogens is 2. The average molecular weight is 366 g/mol. The number of rotatable bonds is 6. The number of carboxylic acid groups (broad SMARTS) is 1. The van der Waals surface area contributed by atoms with Crippen LogP contribution in [0.2, 0.25) is 0 Å². The number of ether oxygens (including phenoxy) is 1. The summed E-state index contributed by atoms with van der Waals surface area (Å²) in [4.78, 5) is 11.0. The molecule has 138 valence electrons. The molecule has 2 N–H and O–H groups in total. The lowest BCUT2D eigenvalue weighted by Crippen LogP contribution is -2.06. The molecule has 0 saturated carbocycles. The van der Waals surface area contributed by atoms with Gasteiger partial charge in [-0.1, -0.05) is 30.2 Å². The van der Waals surface area contributed by atoms with Crippen molar-refractivity contribution in [1.29, 1.82) is 0 Å². The average Bonchev–Trinajstić information content (AvgIpc) is 3.03. The molecule has 1 aromatic heterocycles. The van der Waals surface area contributed by atoms with Gasteiger partial charge in [-0.2, -0.15) is 9.49 Å². The van der Waals surface area contributed by atoms with Crippen molar-refractivity contribution < 1.29 is 19.0 Å². The van der Waals surface area contributed by atoms with E-state index in [-0.39, 0.29) is 18.4 Å². The van der Waals surface area contributed by atoms with Crippen LogP contribution in [0.5, 0.6) is 5.75 Å². The van der Waals surface area contributed by atoms with Crippen LogP contribution in [0.3, 0.4) is 0 Å². The summed E-state index contributed by atoms with van der Waals surface area (Å²) in [6.07, 6.45) is -0.392. The summed E-state index contributed by atoms with van der Waals surface area (Å²) in [5.74, 6) is 4.60. The molecular formula is C21H19FN2O3. The van der Waals surface area contributed by atoms with Gasteiger partial charge in [-0.3, -0.25) is 9.89 Å². The van der Waals surface area contributed by atoms with Crippen molar-refractivity contribution in [3.05, 3.63) is 59.5 Å². The number of aromatic amines is 1. The van der Waals surface area contributed by atoms with Crippen LogP contribution in [0.25, 0.3) is 10.9 Å². The summed E-state index contributed by atoms with van der Waals surface area (Å²) in [6, 6.07) is 12.5. The van der Waals surface area contributed by atoms with Gasteiger partial charge in [0.25, 0.3) is 0 Å². The Balaban J connectivity index is 1.79. The zero-order chi connectivity index (χ0) is 19.4. The Morgan fingerprint density at radius 2 is 2.04 bits per heavy atom. The highest BCUT2D eigenvalue weighted by molar-refractivity contribution is 5.82. The van der Waals surface area contributed by atoms with Crippen LogP contribution in [0, 0.1) is 17.8 Å². The molecule has 3 aromatic rings. The lowest BCUT2D eigenvalue weighted by molar-refractivity contribution is -0.137. The van der Waals surface area contributed by atoms with Gasteiger partial charge in [-0.15, -0.1) is 5.92 Å². The Labute approximate surface area is 156 Å². The number of carbonyl (C=O) groups is 1. The van der Waals surface area contributed by atoms with Crippen LogP contribution in [0.1, 0.15) is 43.4 Å².